The average molecular weight is 389 g/mol. The maximum absolute atomic E-state index is 9.73. The van der Waals surface area contributed by atoms with Crippen LogP contribution in [0.5, 0.6) is 0 Å². The Balaban J connectivity index is 1.91. The third-order valence-electron chi connectivity index (χ3n) is 4.49. The van der Waals surface area contributed by atoms with Crippen molar-refractivity contribution in [3.63, 3.8) is 0 Å². The Labute approximate surface area is 136 Å². The number of hydrogen-bond donors (Lipinski definition) is 1. The number of ether oxygens (including phenoxy) is 1. The summed E-state index contributed by atoms with van der Waals surface area (Å²) in [6, 6.07) is 0. The summed E-state index contributed by atoms with van der Waals surface area (Å²) in [6.45, 7) is 3.16. The van der Waals surface area contributed by atoms with E-state index in [0.717, 1.165) is 19.4 Å². The average Bonchev–Trinajstić information content (AvgIpc) is 2.50. The van der Waals surface area contributed by atoms with E-state index >= 15 is 0 Å². The van der Waals surface area contributed by atoms with E-state index in [4.69, 9.17) is 4.74 Å². The van der Waals surface area contributed by atoms with Gasteiger partial charge < -0.3 is 0 Å². The van der Waals surface area contributed by atoms with Gasteiger partial charge in [0.25, 0.3) is 0 Å². The Morgan fingerprint density at radius 1 is 0.900 bits per heavy atom. The first-order valence-corrected chi connectivity index (χ1v) is 11.6. The van der Waals surface area contributed by atoms with Gasteiger partial charge in [-0.15, -0.1) is 0 Å². The Hall–Kier alpha value is 0.719. The fourth-order valence-electron chi connectivity index (χ4n) is 3.09. The number of rotatable bonds is 12. The van der Waals surface area contributed by atoms with E-state index in [0.29, 0.717) is 0 Å². The molecule has 0 bridgehead atoms. The molecule has 0 aromatic rings. The van der Waals surface area contributed by atoms with Gasteiger partial charge in [0.2, 0.25) is 0 Å². The van der Waals surface area contributed by atoms with Crippen LogP contribution in [-0.2, 0) is 4.74 Å². The zero-order valence-corrected chi connectivity index (χ0v) is 16.3. The SMILES string of the molecule is CCCCCCCCCCCC[C]1([Sn][OH])CCCCO1. The van der Waals surface area contributed by atoms with Crippen LogP contribution < -0.4 is 0 Å². The van der Waals surface area contributed by atoms with Gasteiger partial charge in [-0.25, -0.2) is 0 Å². The first kappa shape index (κ1) is 18.8. The van der Waals surface area contributed by atoms with E-state index in [2.05, 4.69) is 6.92 Å². The number of unbranched alkanes of at least 4 members (excludes halogenated alkanes) is 9. The van der Waals surface area contributed by atoms with Crippen molar-refractivity contribution >= 4 is 21.6 Å². The predicted octanol–water partition coefficient (Wildman–Crippen LogP) is 4.81. The van der Waals surface area contributed by atoms with Crippen LogP contribution in [0.25, 0.3) is 0 Å². The molecule has 1 N–H and O–H groups in total. The van der Waals surface area contributed by atoms with Gasteiger partial charge in [0.1, 0.15) is 0 Å². The summed E-state index contributed by atoms with van der Waals surface area (Å²) in [5, 5.41) is 0. The number of hydrogen-bond acceptors (Lipinski definition) is 2. The van der Waals surface area contributed by atoms with E-state index in [1.54, 1.807) is 0 Å². The molecular formula is C17H34O2Sn. The van der Waals surface area contributed by atoms with Gasteiger partial charge in [-0.3, -0.25) is 0 Å². The molecular weight excluding hydrogens is 355 g/mol. The van der Waals surface area contributed by atoms with Crippen molar-refractivity contribution in [2.24, 2.45) is 0 Å². The second kappa shape index (κ2) is 12.3. The third-order valence-corrected chi connectivity index (χ3v) is 7.49. The second-order valence-corrected chi connectivity index (χ2v) is 9.58. The summed E-state index contributed by atoms with van der Waals surface area (Å²) >= 11 is -1.29. The molecule has 0 aromatic heterocycles. The summed E-state index contributed by atoms with van der Waals surface area (Å²) in [4.78, 5) is 0. The summed E-state index contributed by atoms with van der Waals surface area (Å²) in [6.07, 6.45) is 18.6. The van der Waals surface area contributed by atoms with Gasteiger partial charge in [0, 0.05) is 0 Å². The molecule has 1 unspecified atom stereocenters. The first-order valence-electron chi connectivity index (χ1n) is 8.88. The zero-order chi connectivity index (χ0) is 14.5. The maximum atomic E-state index is 9.73. The van der Waals surface area contributed by atoms with E-state index in [9.17, 15) is 3.44 Å². The van der Waals surface area contributed by atoms with Crippen LogP contribution in [0.15, 0.2) is 0 Å². The molecule has 1 atom stereocenters. The second-order valence-electron chi connectivity index (χ2n) is 6.34. The van der Waals surface area contributed by atoms with Crippen molar-refractivity contribution in [2.75, 3.05) is 6.61 Å². The molecule has 0 aliphatic carbocycles. The van der Waals surface area contributed by atoms with Crippen molar-refractivity contribution in [1.82, 2.24) is 0 Å². The molecule has 20 heavy (non-hydrogen) atoms. The van der Waals surface area contributed by atoms with Crippen molar-refractivity contribution in [3.8, 4) is 0 Å². The minimum atomic E-state index is -1.29. The van der Waals surface area contributed by atoms with Crippen molar-refractivity contribution in [2.45, 2.75) is 100 Å². The van der Waals surface area contributed by atoms with Gasteiger partial charge in [-0.2, -0.15) is 0 Å². The monoisotopic (exact) mass is 390 g/mol. The Kier molecular flexibility index (Phi) is 11.5. The molecule has 0 aromatic carbocycles. The molecule has 2 nitrogen and oxygen atoms in total. The molecule has 1 saturated heterocycles. The van der Waals surface area contributed by atoms with Crippen LogP contribution in [-0.4, -0.2) is 35.2 Å². The molecule has 1 fully saturated rings. The molecule has 0 spiro atoms. The summed E-state index contributed by atoms with van der Waals surface area (Å²) < 4.78 is 15.6. The molecule has 118 valence electrons. The van der Waals surface area contributed by atoms with Crippen LogP contribution in [0.2, 0.25) is 0 Å². The molecule has 1 rings (SSSR count). The standard InChI is InChI=1S/C17H33O.H2O.Sn/c1-2-3-4-5-6-7-8-9-10-11-14-17-15-12-13-16-18-17;;/h2-16H2,1H3;1H2;/q;;+1/p-1. The first-order chi connectivity index (χ1) is 9.83. The Morgan fingerprint density at radius 2 is 1.50 bits per heavy atom. The van der Waals surface area contributed by atoms with Crippen molar-refractivity contribution in [3.05, 3.63) is 0 Å². The predicted molar refractivity (Wildman–Crippen MR) is 87.0 cm³/mol. The van der Waals surface area contributed by atoms with E-state index < -0.39 is 21.6 Å². The van der Waals surface area contributed by atoms with Crippen LogP contribution >= 0.6 is 0 Å². The fraction of sp³-hybridized carbons (Fsp3) is 1.00. The summed E-state index contributed by atoms with van der Waals surface area (Å²) in [5.74, 6) is 0. The van der Waals surface area contributed by atoms with E-state index in [1.807, 2.05) is 0 Å². The molecule has 0 amide bonds. The molecule has 1 heterocycles. The van der Waals surface area contributed by atoms with Crippen LogP contribution in [0, 0.1) is 0 Å². The van der Waals surface area contributed by atoms with E-state index in [1.165, 1.54) is 77.0 Å². The van der Waals surface area contributed by atoms with Crippen LogP contribution in [0.1, 0.15) is 96.8 Å². The fourth-order valence-corrected chi connectivity index (χ4v) is 5.21. The van der Waals surface area contributed by atoms with Crippen molar-refractivity contribution in [1.29, 1.82) is 0 Å². The van der Waals surface area contributed by atoms with Crippen molar-refractivity contribution < 1.29 is 8.18 Å². The zero-order valence-electron chi connectivity index (χ0n) is 13.5. The Bertz CT molecular complexity index is 215. The van der Waals surface area contributed by atoms with Gasteiger partial charge >= 0.3 is 130 Å². The molecule has 1 aliphatic heterocycles. The van der Waals surface area contributed by atoms with Gasteiger partial charge in [-0.1, -0.05) is 6.92 Å². The topological polar surface area (TPSA) is 29.5 Å². The van der Waals surface area contributed by atoms with Gasteiger partial charge in [0.05, 0.1) is 0 Å². The summed E-state index contributed by atoms with van der Waals surface area (Å²) in [7, 11) is 0. The normalized spacial score (nSPS) is 23.1. The molecule has 0 saturated carbocycles. The molecule has 1 aliphatic rings. The van der Waals surface area contributed by atoms with Crippen LogP contribution in [0.4, 0.5) is 0 Å². The van der Waals surface area contributed by atoms with Gasteiger partial charge in [-0.05, 0) is 0 Å². The quantitative estimate of drug-likeness (QED) is 0.384. The van der Waals surface area contributed by atoms with E-state index in [-0.39, 0.29) is 3.62 Å². The Morgan fingerprint density at radius 3 is 2.00 bits per heavy atom. The molecule has 2 radical (unpaired) electrons. The van der Waals surface area contributed by atoms with Gasteiger partial charge in [0.15, 0.2) is 0 Å². The molecule has 3 heteroatoms. The summed E-state index contributed by atoms with van der Waals surface area (Å²) in [5.41, 5.74) is 0. The third kappa shape index (κ3) is 8.23. The van der Waals surface area contributed by atoms with Crippen LogP contribution in [0.3, 0.4) is 0 Å². The minimum absolute atomic E-state index is 0.0121.